The highest BCUT2D eigenvalue weighted by Gasteiger charge is 2.16. The van der Waals surface area contributed by atoms with Crippen LogP contribution in [-0.4, -0.2) is 26.4 Å². The molecule has 4 nitrogen and oxygen atoms in total. The number of halogens is 2. The maximum absolute atomic E-state index is 6.43. The van der Waals surface area contributed by atoms with Crippen LogP contribution in [-0.2, 0) is 17.9 Å². The lowest BCUT2D eigenvalue weighted by Crippen LogP contribution is -2.25. The van der Waals surface area contributed by atoms with Crippen molar-refractivity contribution >= 4 is 23.2 Å². The van der Waals surface area contributed by atoms with E-state index < -0.39 is 0 Å². The zero-order valence-electron chi connectivity index (χ0n) is 14.8. The van der Waals surface area contributed by atoms with Gasteiger partial charge in [0.15, 0.2) is 11.5 Å². The Kier molecular flexibility index (Phi) is 7.03. The molecule has 0 unspecified atom stereocenters. The Hall–Kier alpha value is -1.46. The SMILES string of the molecule is COc1cc(CNC[C@@H]2CCCO2)cc(Cl)c1OCc1ccccc1Cl. The molecule has 1 saturated heterocycles. The fourth-order valence-corrected chi connectivity index (χ4v) is 3.44. The van der Waals surface area contributed by atoms with Crippen LogP contribution in [0.25, 0.3) is 0 Å². The predicted molar refractivity (Wildman–Crippen MR) is 104 cm³/mol. The third-order valence-electron chi connectivity index (χ3n) is 4.34. The summed E-state index contributed by atoms with van der Waals surface area (Å²) >= 11 is 12.6. The Morgan fingerprint density at radius 2 is 2.04 bits per heavy atom. The van der Waals surface area contributed by atoms with Crippen LogP contribution in [0.15, 0.2) is 36.4 Å². The molecular weight excluding hydrogens is 373 g/mol. The van der Waals surface area contributed by atoms with Gasteiger partial charge in [-0.1, -0.05) is 41.4 Å². The summed E-state index contributed by atoms with van der Waals surface area (Å²) in [6.45, 7) is 2.72. The molecule has 0 radical (unpaired) electrons. The molecule has 1 aliphatic heterocycles. The second-order valence-electron chi connectivity index (χ2n) is 6.26. The van der Waals surface area contributed by atoms with E-state index in [9.17, 15) is 0 Å². The molecular formula is C20H23Cl2NO3. The standard InChI is InChI=1S/C20H23Cl2NO3/c1-24-19-10-14(11-23-12-16-6-4-8-25-16)9-18(22)20(19)26-13-15-5-2-3-7-17(15)21/h2-3,5,7,9-10,16,23H,4,6,8,11-13H2,1H3/t16-/m0/s1. The van der Waals surface area contributed by atoms with Crippen LogP contribution in [0, 0.1) is 0 Å². The zero-order valence-corrected chi connectivity index (χ0v) is 16.3. The molecule has 1 N–H and O–H groups in total. The van der Waals surface area contributed by atoms with Gasteiger partial charge in [-0.2, -0.15) is 0 Å². The van der Waals surface area contributed by atoms with Gasteiger partial charge >= 0.3 is 0 Å². The maximum Gasteiger partial charge on any atom is 0.180 e. The molecule has 6 heteroatoms. The third kappa shape index (κ3) is 5.04. The van der Waals surface area contributed by atoms with Crippen molar-refractivity contribution in [2.24, 2.45) is 0 Å². The minimum absolute atomic E-state index is 0.311. The lowest BCUT2D eigenvalue weighted by molar-refractivity contribution is 0.110. The summed E-state index contributed by atoms with van der Waals surface area (Å²) in [7, 11) is 1.61. The zero-order chi connectivity index (χ0) is 18.4. The first-order valence-corrected chi connectivity index (χ1v) is 9.48. The van der Waals surface area contributed by atoms with Crippen LogP contribution < -0.4 is 14.8 Å². The number of methoxy groups -OCH3 is 1. The molecule has 26 heavy (non-hydrogen) atoms. The Morgan fingerprint density at radius 3 is 2.77 bits per heavy atom. The summed E-state index contributed by atoms with van der Waals surface area (Å²) in [5.74, 6) is 1.13. The molecule has 1 atom stereocenters. The number of hydrogen-bond donors (Lipinski definition) is 1. The molecule has 0 amide bonds. The van der Waals surface area contributed by atoms with E-state index in [4.69, 9.17) is 37.4 Å². The Morgan fingerprint density at radius 1 is 1.19 bits per heavy atom. The number of hydrogen-bond acceptors (Lipinski definition) is 4. The summed E-state index contributed by atoms with van der Waals surface area (Å²) in [4.78, 5) is 0. The lowest BCUT2D eigenvalue weighted by Gasteiger charge is -2.16. The van der Waals surface area contributed by atoms with Gasteiger partial charge in [0.05, 0.1) is 18.2 Å². The molecule has 2 aromatic rings. The third-order valence-corrected chi connectivity index (χ3v) is 4.99. The second kappa shape index (κ2) is 9.47. The van der Waals surface area contributed by atoms with Gasteiger partial charge < -0.3 is 19.5 Å². The topological polar surface area (TPSA) is 39.7 Å². The van der Waals surface area contributed by atoms with Crippen LogP contribution >= 0.6 is 23.2 Å². The Bertz CT molecular complexity index is 733. The first-order valence-electron chi connectivity index (χ1n) is 8.72. The van der Waals surface area contributed by atoms with Crippen molar-refractivity contribution in [3.63, 3.8) is 0 Å². The van der Waals surface area contributed by atoms with Gasteiger partial charge in [0, 0.05) is 30.3 Å². The van der Waals surface area contributed by atoms with E-state index in [0.717, 1.165) is 37.1 Å². The van der Waals surface area contributed by atoms with Crippen LogP contribution in [0.1, 0.15) is 24.0 Å². The normalized spacial score (nSPS) is 16.7. The van der Waals surface area contributed by atoms with E-state index in [2.05, 4.69) is 5.32 Å². The van der Waals surface area contributed by atoms with Crippen molar-refractivity contribution in [1.82, 2.24) is 5.32 Å². The lowest BCUT2D eigenvalue weighted by atomic mass is 10.2. The molecule has 1 fully saturated rings. The van der Waals surface area contributed by atoms with Gasteiger partial charge in [-0.25, -0.2) is 0 Å². The van der Waals surface area contributed by atoms with Crippen molar-refractivity contribution in [1.29, 1.82) is 0 Å². The minimum atomic E-state index is 0.311. The summed E-state index contributed by atoms with van der Waals surface area (Å²) < 4.78 is 17.0. The fourth-order valence-electron chi connectivity index (χ4n) is 2.96. The van der Waals surface area contributed by atoms with Gasteiger partial charge in [0.25, 0.3) is 0 Å². The van der Waals surface area contributed by atoms with Crippen molar-refractivity contribution in [3.05, 3.63) is 57.6 Å². The van der Waals surface area contributed by atoms with E-state index >= 15 is 0 Å². The predicted octanol–water partition coefficient (Wildman–Crippen LogP) is 4.85. The molecule has 0 bridgehead atoms. The molecule has 0 saturated carbocycles. The average molecular weight is 396 g/mol. The molecule has 2 aromatic carbocycles. The molecule has 1 heterocycles. The number of rotatable bonds is 8. The minimum Gasteiger partial charge on any atom is -0.493 e. The van der Waals surface area contributed by atoms with Crippen LogP contribution in [0.2, 0.25) is 10.0 Å². The average Bonchev–Trinajstić information content (AvgIpc) is 3.15. The van der Waals surface area contributed by atoms with E-state index in [-0.39, 0.29) is 0 Å². The number of ether oxygens (including phenoxy) is 3. The van der Waals surface area contributed by atoms with E-state index in [1.54, 1.807) is 7.11 Å². The highest BCUT2D eigenvalue weighted by molar-refractivity contribution is 6.32. The van der Waals surface area contributed by atoms with Crippen LogP contribution in [0.4, 0.5) is 0 Å². The smallest absolute Gasteiger partial charge is 0.180 e. The highest BCUT2D eigenvalue weighted by atomic mass is 35.5. The van der Waals surface area contributed by atoms with E-state index in [1.165, 1.54) is 0 Å². The van der Waals surface area contributed by atoms with Gasteiger partial charge in [0.1, 0.15) is 6.61 Å². The van der Waals surface area contributed by atoms with Gasteiger partial charge in [-0.05, 0) is 36.6 Å². The van der Waals surface area contributed by atoms with Crippen molar-refractivity contribution in [3.8, 4) is 11.5 Å². The highest BCUT2D eigenvalue weighted by Crippen LogP contribution is 2.37. The second-order valence-corrected chi connectivity index (χ2v) is 7.07. The number of benzene rings is 2. The summed E-state index contributed by atoms with van der Waals surface area (Å²) in [5.41, 5.74) is 1.93. The van der Waals surface area contributed by atoms with Crippen LogP contribution in [0.3, 0.4) is 0 Å². The van der Waals surface area contributed by atoms with E-state index in [1.807, 2.05) is 36.4 Å². The monoisotopic (exact) mass is 395 g/mol. The number of nitrogens with one attached hydrogen (secondary N) is 1. The quantitative estimate of drug-likeness (QED) is 0.693. The van der Waals surface area contributed by atoms with Crippen molar-refractivity contribution in [2.45, 2.75) is 32.1 Å². The van der Waals surface area contributed by atoms with Crippen molar-refractivity contribution < 1.29 is 14.2 Å². The largest absolute Gasteiger partial charge is 0.493 e. The molecule has 140 valence electrons. The first kappa shape index (κ1) is 19.3. The molecule has 1 aliphatic rings. The maximum atomic E-state index is 6.43. The van der Waals surface area contributed by atoms with Crippen molar-refractivity contribution in [2.75, 3.05) is 20.3 Å². The van der Waals surface area contributed by atoms with E-state index in [0.29, 0.717) is 40.8 Å². The van der Waals surface area contributed by atoms with Gasteiger partial charge in [0.2, 0.25) is 0 Å². The van der Waals surface area contributed by atoms with Gasteiger partial charge in [-0.3, -0.25) is 0 Å². The Labute approximate surface area is 164 Å². The molecule has 0 aromatic heterocycles. The molecule has 0 aliphatic carbocycles. The fraction of sp³-hybridized carbons (Fsp3) is 0.400. The molecule has 0 spiro atoms. The summed E-state index contributed by atoms with van der Waals surface area (Å²) in [6, 6.07) is 11.4. The van der Waals surface area contributed by atoms with Crippen LogP contribution in [0.5, 0.6) is 11.5 Å². The Balaban J connectivity index is 1.63. The summed E-state index contributed by atoms with van der Waals surface area (Å²) in [5, 5.41) is 4.59. The molecule has 3 rings (SSSR count). The van der Waals surface area contributed by atoms with Gasteiger partial charge in [-0.15, -0.1) is 0 Å². The summed E-state index contributed by atoms with van der Waals surface area (Å²) in [6.07, 6.45) is 2.57. The first-order chi connectivity index (χ1) is 12.7.